The molecule has 0 aliphatic heterocycles. The molecule has 0 amide bonds. The molecular weight excluding hydrogens is 208 g/mol. The van der Waals surface area contributed by atoms with E-state index in [1.54, 1.807) is 0 Å². The normalized spacial score (nSPS) is 20.5. The van der Waals surface area contributed by atoms with Crippen molar-refractivity contribution in [1.82, 2.24) is 4.90 Å². The average Bonchev–Trinajstić information content (AvgIpc) is 2.63. The van der Waals surface area contributed by atoms with E-state index in [0.717, 1.165) is 12.5 Å². The lowest BCUT2D eigenvalue weighted by molar-refractivity contribution is 0.140. The van der Waals surface area contributed by atoms with Gasteiger partial charge in [0, 0.05) is 12.6 Å². The number of nitrogens with two attached hydrogens (primary N) is 1. The lowest BCUT2D eigenvalue weighted by Crippen LogP contribution is -2.46. The SMILES string of the molecule is CCCCN(CC)C(CN)C1CCCCCC1. The van der Waals surface area contributed by atoms with Crippen LogP contribution >= 0.6 is 0 Å². The fraction of sp³-hybridized carbons (Fsp3) is 1.00. The monoisotopic (exact) mass is 240 g/mol. The zero-order chi connectivity index (χ0) is 12.5. The van der Waals surface area contributed by atoms with Gasteiger partial charge in [0.1, 0.15) is 0 Å². The zero-order valence-electron chi connectivity index (χ0n) is 12.0. The Kier molecular flexibility index (Phi) is 7.87. The summed E-state index contributed by atoms with van der Waals surface area (Å²) in [6, 6.07) is 0.643. The summed E-state index contributed by atoms with van der Waals surface area (Å²) in [5.41, 5.74) is 6.06. The van der Waals surface area contributed by atoms with Gasteiger partial charge in [-0.25, -0.2) is 0 Å². The molecule has 1 aliphatic rings. The van der Waals surface area contributed by atoms with Crippen LogP contribution in [0.25, 0.3) is 0 Å². The van der Waals surface area contributed by atoms with Crippen LogP contribution in [-0.2, 0) is 0 Å². The van der Waals surface area contributed by atoms with Crippen LogP contribution in [-0.4, -0.2) is 30.6 Å². The number of rotatable bonds is 7. The van der Waals surface area contributed by atoms with Gasteiger partial charge in [-0.05, 0) is 38.3 Å². The molecule has 0 bridgehead atoms. The quantitative estimate of drug-likeness (QED) is 0.691. The van der Waals surface area contributed by atoms with E-state index >= 15 is 0 Å². The third-order valence-electron chi connectivity index (χ3n) is 4.36. The maximum absolute atomic E-state index is 6.06. The van der Waals surface area contributed by atoms with Crippen molar-refractivity contribution in [3.05, 3.63) is 0 Å². The van der Waals surface area contributed by atoms with E-state index in [-0.39, 0.29) is 0 Å². The summed E-state index contributed by atoms with van der Waals surface area (Å²) in [5.74, 6) is 0.860. The van der Waals surface area contributed by atoms with Crippen molar-refractivity contribution in [3.8, 4) is 0 Å². The van der Waals surface area contributed by atoms with Crippen LogP contribution in [0.1, 0.15) is 65.2 Å². The van der Waals surface area contributed by atoms with Gasteiger partial charge in [0.05, 0.1) is 0 Å². The molecule has 1 rings (SSSR count). The Bertz CT molecular complexity index is 174. The molecule has 0 aromatic rings. The van der Waals surface area contributed by atoms with Gasteiger partial charge in [-0.2, -0.15) is 0 Å². The van der Waals surface area contributed by atoms with E-state index in [2.05, 4.69) is 18.7 Å². The molecule has 2 nitrogen and oxygen atoms in total. The van der Waals surface area contributed by atoms with E-state index in [1.807, 2.05) is 0 Å². The zero-order valence-corrected chi connectivity index (χ0v) is 12.0. The van der Waals surface area contributed by atoms with Crippen LogP contribution in [0.15, 0.2) is 0 Å². The minimum atomic E-state index is 0.643. The minimum Gasteiger partial charge on any atom is -0.329 e. The molecule has 102 valence electrons. The summed E-state index contributed by atoms with van der Waals surface area (Å²) in [4.78, 5) is 2.64. The maximum Gasteiger partial charge on any atom is 0.0246 e. The Morgan fingerprint density at radius 3 is 2.24 bits per heavy atom. The fourth-order valence-corrected chi connectivity index (χ4v) is 3.26. The van der Waals surface area contributed by atoms with Gasteiger partial charge >= 0.3 is 0 Å². The molecule has 17 heavy (non-hydrogen) atoms. The standard InChI is InChI=1S/C15H32N2/c1-3-5-12-17(4-2)15(13-16)14-10-8-6-7-9-11-14/h14-15H,3-13,16H2,1-2H3. The largest absolute Gasteiger partial charge is 0.329 e. The Hall–Kier alpha value is -0.0800. The molecule has 0 aromatic carbocycles. The molecule has 0 saturated heterocycles. The molecule has 0 heterocycles. The predicted molar refractivity (Wildman–Crippen MR) is 76.2 cm³/mol. The summed E-state index contributed by atoms with van der Waals surface area (Å²) in [6.07, 6.45) is 11.1. The molecular formula is C15H32N2. The van der Waals surface area contributed by atoms with E-state index in [0.29, 0.717) is 6.04 Å². The first-order chi connectivity index (χ1) is 8.33. The van der Waals surface area contributed by atoms with Crippen molar-refractivity contribution in [2.75, 3.05) is 19.6 Å². The second-order valence-electron chi connectivity index (χ2n) is 5.54. The number of hydrogen-bond acceptors (Lipinski definition) is 2. The lowest BCUT2D eigenvalue weighted by Gasteiger charge is -2.35. The van der Waals surface area contributed by atoms with Crippen LogP contribution in [0.5, 0.6) is 0 Å². The van der Waals surface area contributed by atoms with Gasteiger partial charge in [-0.3, -0.25) is 4.90 Å². The van der Waals surface area contributed by atoms with Gasteiger partial charge < -0.3 is 5.73 Å². The summed E-state index contributed by atoms with van der Waals surface area (Å²) < 4.78 is 0. The number of nitrogens with zero attached hydrogens (tertiary/aromatic N) is 1. The highest BCUT2D eigenvalue weighted by atomic mass is 15.2. The first kappa shape index (κ1) is 15.0. The number of likely N-dealkylation sites (N-methyl/N-ethyl adjacent to an activating group) is 1. The van der Waals surface area contributed by atoms with Crippen molar-refractivity contribution >= 4 is 0 Å². The van der Waals surface area contributed by atoms with Gasteiger partial charge in [0.25, 0.3) is 0 Å². The van der Waals surface area contributed by atoms with E-state index in [9.17, 15) is 0 Å². The molecule has 1 fully saturated rings. The van der Waals surface area contributed by atoms with Crippen molar-refractivity contribution in [3.63, 3.8) is 0 Å². The Morgan fingerprint density at radius 1 is 1.12 bits per heavy atom. The van der Waals surface area contributed by atoms with E-state index < -0.39 is 0 Å². The Morgan fingerprint density at radius 2 is 1.76 bits per heavy atom. The van der Waals surface area contributed by atoms with Crippen LogP contribution < -0.4 is 5.73 Å². The Balaban J connectivity index is 2.52. The summed E-state index contributed by atoms with van der Waals surface area (Å²) >= 11 is 0. The third kappa shape index (κ3) is 4.97. The van der Waals surface area contributed by atoms with Crippen molar-refractivity contribution < 1.29 is 0 Å². The Labute approximate surface area is 108 Å². The summed E-state index contributed by atoms with van der Waals surface area (Å²) in [7, 11) is 0. The molecule has 0 radical (unpaired) electrons. The summed E-state index contributed by atoms with van der Waals surface area (Å²) in [5, 5.41) is 0. The minimum absolute atomic E-state index is 0.643. The van der Waals surface area contributed by atoms with Gasteiger partial charge in [-0.15, -0.1) is 0 Å². The average molecular weight is 240 g/mol. The van der Waals surface area contributed by atoms with Crippen molar-refractivity contribution in [2.45, 2.75) is 71.3 Å². The summed E-state index contributed by atoms with van der Waals surface area (Å²) in [6.45, 7) is 7.82. The van der Waals surface area contributed by atoms with Gasteiger partial charge in [0.15, 0.2) is 0 Å². The first-order valence-corrected chi connectivity index (χ1v) is 7.77. The molecule has 2 N–H and O–H groups in total. The van der Waals surface area contributed by atoms with Crippen LogP contribution in [0.4, 0.5) is 0 Å². The third-order valence-corrected chi connectivity index (χ3v) is 4.36. The molecule has 1 unspecified atom stereocenters. The fourth-order valence-electron chi connectivity index (χ4n) is 3.26. The van der Waals surface area contributed by atoms with Crippen molar-refractivity contribution in [1.29, 1.82) is 0 Å². The lowest BCUT2D eigenvalue weighted by atomic mass is 9.90. The van der Waals surface area contributed by atoms with Crippen LogP contribution in [0.2, 0.25) is 0 Å². The maximum atomic E-state index is 6.06. The molecule has 1 atom stereocenters. The number of hydrogen-bond donors (Lipinski definition) is 1. The highest BCUT2D eigenvalue weighted by Crippen LogP contribution is 2.27. The topological polar surface area (TPSA) is 29.3 Å². The van der Waals surface area contributed by atoms with E-state index in [4.69, 9.17) is 5.73 Å². The molecule has 1 aliphatic carbocycles. The highest BCUT2D eigenvalue weighted by molar-refractivity contribution is 4.81. The van der Waals surface area contributed by atoms with Crippen molar-refractivity contribution in [2.24, 2.45) is 11.7 Å². The number of unbranched alkanes of at least 4 members (excludes halogenated alkanes) is 1. The van der Waals surface area contributed by atoms with Crippen LogP contribution in [0, 0.1) is 5.92 Å². The molecule has 2 heteroatoms. The smallest absolute Gasteiger partial charge is 0.0246 e. The molecule has 0 spiro atoms. The van der Waals surface area contributed by atoms with E-state index in [1.165, 1.54) is 64.5 Å². The molecule has 0 aromatic heterocycles. The van der Waals surface area contributed by atoms with Crippen LogP contribution in [0.3, 0.4) is 0 Å². The second-order valence-corrected chi connectivity index (χ2v) is 5.54. The first-order valence-electron chi connectivity index (χ1n) is 7.77. The van der Waals surface area contributed by atoms with Gasteiger partial charge in [0.2, 0.25) is 0 Å². The van der Waals surface area contributed by atoms with Gasteiger partial charge in [-0.1, -0.05) is 46.0 Å². The molecule has 1 saturated carbocycles. The highest BCUT2D eigenvalue weighted by Gasteiger charge is 2.25. The second kappa shape index (κ2) is 8.93. The predicted octanol–water partition coefficient (Wildman–Crippen LogP) is 3.41.